The van der Waals surface area contributed by atoms with Gasteiger partial charge in [0.25, 0.3) is 11.3 Å². The van der Waals surface area contributed by atoms with Crippen molar-refractivity contribution in [2.24, 2.45) is 0 Å². The Balaban J connectivity index is 2.42. The molecule has 2 aromatic rings. The molecule has 0 saturated heterocycles. The van der Waals surface area contributed by atoms with Crippen molar-refractivity contribution in [3.63, 3.8) is 0 Å². The first-order valence-electron chi connectivity index (χ1n) is 3.60. The van der Waals surface area contributed by atoms with E-state index >= 15 is 0 Å². The average molecular weight is 213 g/mol. The van der Waals surface area contributed by atoms with Gasteiger partial charge in [-0.15, -0.1) is 11.3 Å². The van der Waals surface area contributed by atoms with E-state index in [4.69, 9.17) is 4.55 Å². The highest BCUT2D eigenvalue weighted by atomic mass is 32.2. The normalized spacial score (nSPS) is 13.0. The third kappa shape index (κ3) is 1.88. The van der Waals surface area contributed by atoms with Crippen molar-refractivity contribution in [2.75, 3.05) is 4.72 Å². The standard InChI is InChI=1S/C8H7NO2S2/c10-13(11)9-7-1-2-8-6(5-7)3-4-12-8/h1-5,9H,(H,10,11). The molecule has 0 saturated carbocycles. The summed E-state index contributed by atoms with van der Waals surface area (Å²) in [5.74, 6) is 0. The number of nitrogens with one attached hydrogen (secondary N) is 1. The van der Waals surface area contributed by atoms with Crippen LogP contribution in [0.15, 0.2) is 29.6 Å². The fourth-order valence-electron chi connectivity index (χ4n) is 1.13. The third-order valence-electron chi connectivity index (χ3n) is 1.66. The lowest BCUT2D eigenvalue weighted by atomic mass is 10.2. The van der Waals surface area contributed by atoms with E-state index in [1.54, 1.807) is 17.4 Å². The van der Waals surface area contributed by atoms with Crippen LogP contribution in [0.2, 0.25) is 0 Å². The number of rotatable bonds is 2. The highest BCUT2D eigenvalue weighted by Gasteiger charge is 1.98. The Morgan fingerprint density at radius 1 is 1.38 bits per heavy atom. The van der Waals surface area contributed by atoms with Gasteiger partial charge < -0.3 is 0 Å². The first-order valence-corrected chi connectivity index (χ1v) is 5.59. The van der Waals surface area contributed by atoms with Crippen molar-refractivity contribution in [1.29, 1.82) is 0 Å². The van der Waals surface area contributed by atoms with Crippen molar-refractivity contribution < 1.29 is 8.76 Å². The van der Waals surface area contributed by atoms with Gasteiger partial charge in [-0.05, 0) is 35.0 Å². The molecule has 0 bridgehead atoms. The van der Waals surface area contributed by atoms with Crippen LogP contribution in [0.1, 0.15) is 0 Å². The second-order valence-electron chi connectivity index (χ2n) is 2.52. The van der Waals surface area contributed by atoms with Gasteiger partial charge in [-0.3, -0.25) is 9.27 Å². The summed E-state index contributed by atoms with van der Waals surface area (Å²) in [4.78, 5) is 0. The van der Waals surface area contributed by atoms with Gasteiger partial charge in [-0.1, -0.05) is 0 Å². The monoisotopic (exact) mass is 213 g/mol. The molecule has 1 aromatic carbocycles. The number of thiophene rings is 1. The van der Waals surface area contributed by atoms with Crippen LogP contribution in [0.3, 0.4) is 0 Å². The summed E-state index contributed by atoms with van der Waals surface area (Å²) in [5.41, 5.74) is 0.659. The van der Waals surface area contributed by atoms with Gasteiger partial charge in [0, 0.05) is 10.4 Å². The lowest BCUT2D eigenvalue weighted by Crippen LogP contribution is -2.00. The summed E-state index contributed by atoms with van der Waals surface area (Å²) in [6.07, 6.45) is 0. The van der Waals surface area contributed by atoms with Gasteiger partial charge in [-0.25, -0.2) is 4.21 Å². The molecule has 0 radical (unpaired) electrons. The minimum Gasteiger partial charge on any atom is -0.289 e. The number of benzene rings is 1. The number of hydrogen-bond donors (Lipinski definition) is 2. The smallest absolute Gasteiger partial charge is 0.259 e. The molecule has 0 aliphatic rings. The Kier molecular flexibility index (Phi) is 2.30. The van der Waals surface area contributed by atoms with Crippen molar-refractivity contribution in [3.8, 4) is 0 Å². The number of hydrogen-bond acceptors (Lipinski definition) is 2. The van der Waals surface area contributed by atoms with Gasteiger partial charge in [0.15, 0.2) is 0 Å². The van der Waals surface area contributed by atoms with Crippen molar-refractivity contribution in [3.05, 3.63) is 29.6 Å². The van der Waals surface area contributed by atoms with Gasteiger partial charge in [0.05, 0.1) is 0 Å². The van der Waals surface area contributed by atoms with E-state index in [1.165, 1.54) is 4.70 Å². The van der Waals surface area contributed by atoms with Crippen molar-refractivity contribution in [1.82, 2.24) is 0 Å². The molecule has 5 heteroatoms. The van der Waals surface area contributed by atoms with E-state index in [2.05, 4.69) is 4.72 Å². The lowest BCUT2D eigenvalue weighted by Gasteiger charge is -1.99. The molecule has 1 aromatic heterocycles. The predicted molar refractivity (Wildman–Crippen MR) is 56.2 cm³/mol. The molecule has 0 fully saturated rings. The zero-order valence-corrected chi connectivity index (χ0v) is 8.19. The van der Waals surface area contributed by atoms with Crippen LogP contribution in [-0.4, -0.2) is 8.76 Å². The topological polar surface area (TPSA) is 49.3 Å². The highest BCUT2D eigenvalue weighted by molar-refractivity contribution is 7.80. The van der Waals surface area contributed by atoms with E-state index in [0.717, 1.165) is 5.39 Å². The van der Waals surface area contributed by atoms with Gasteiger partial charge >= 0.3 is 0 Å². The maximum Gasteiger partial charge on any atom is 0.259 e. The van der Waals surface area contributed by atoms with Crippen LogP contribution >= 0.6 is 11.3 Å². The fourth-order valence-corrected chi connectivity index (χ4v) is 2.23. The van der Waals surface area contributed by atoms with E-state index in [0.29, 0.717) is 5.69 Å². The molecule has 2 N–H and O–H groups in total. The molecule has 1 unspecified atom stereocenters. The molecule has 1 heterocycles. The van der Waals surface area contributed by atoms with Gasteiger partial charge in [0.2, 0.25) is 0 Å². The molecule has 0 spiro atoms. The van der Waals surface area contributed by atoms with Crippen LogP contribution in [-0.2, 0) is 11.3 Å². The molecule has 2 rings (SSSR count). The maximum absolute atomic E-state index is 10.4. The first kappa shape index (κ1) is 8.68. The fraction of sp³-hybridized carbons (Fsp3) is 0. The number of fused-ring (bicyclic) bond motifs is 1. The quantitative estimate of drug-likeness (QED) is 0.753. The largest absolute Gasteiger partial charge is 0.289 e. The second kappa shape index (κ2) is 3.45. The lowest BCUT2D eigenvalue weighted by molar-refractivity contribution is 0.570. The van der Waals surface area contributed by atoms with Crippen LogP contribution in [0.5, 0.6) is 0 Å². The summed E-state index contributed by atoms with van der Waals surface area (Å²) in [7, 11) is 0. The molecular weight excluding hydrogens is 206 g/mol. The maximum atomic E-state index is 10.4. The minimum atomic E-state index is -1.99. The summed E-state index contributed by atoms with van der Waals surface area (Å²) in [6.45, 7) is 0. The van der Waals surface area contributed by atoms with E-state index in [9.17, 15) is 4.21 Å². The Morgan fingerprint density at radius 2 is 2.23 bits per heavy atom. The average Bonchev–Trinajstić information content (AvgIpc) is 2.49. The van der Waals surface area contributed by atoms with Crippen LogP contribution in [0.25, 0.3) is 10.1 Å². The number of anilines is 1. The van der Waals surface area contributed by atoms with Crippen LogP contribution < -0.4 is 4.72 Å². The summed E-state index contributed by atoms with van der Waals surface area (Å²) >= 11 is -0.345. The van der Waals surface area contributed by atoms with Crippen molar-refractivity contribution in [2.45, 2.75) is 0 Å². The van der Waals surface area contributed by atoms with Gasteiger partial charge in [0.1, 0.15) is 0 Å². The van der Waals surface area contributed by atoms with Crippen LogP contribution in [0.4, 0.5) is 5.69 Å². The van der Waals surface area contributed by atoms with Crippen LogP contribution in [0, 0.1) is 0 Å². The van der Waals surface area contributed by atoms with E-state index in [1.807, 2.05) is 23.6 Å². The van der Waals surface area contributed by atoms with Crippen molar-refractivity contribution >= 4 is 38.4 Å². The van der Waals surface area contributed by atoms with E-state index in [-0.39, 0.29) is 0 Å². The molecule has 13 heavy (non-hydrogen) atoms. The molecule has 1 atom stereocenters. The Bertz CT molecular complexity index is 452. The Hall–Kier alpha value is -0.910. The summed E-state index contributed by atoms with van der Waals surface area (Å²) < 4.78 is 22.6. The summed E-state index contributed by atoms with van der Waals surface area (Å²) in [5, 5.41) is 3.07. The summed E-state index contributed by atoms with van der Waals surface area (Å²) in [6, 6.07) is 7.54. The zero-order valence-electron chi connectivity index (χ0n) is 6.56. The molecular formula is C8H7NO2S2. The predicted octanol–water partition coefficient (Wildman–Crippen LogP) is 2.45. The zero-order chi connectivity index (χ0) is 9.26. The molecule has 0 aliphatic heterocycles. The second-order valence-corrected chi connectivity index (χ2v) is 4.17. The Labute approximate surface area is 81.8 Å². The highest BCUT2D eigenvalue weighted by Crippen LogP contribution is 2.23. The minimum absolute atomic E-state index is 0.659. The van der Waals surface area contributed by atoms with Gasteiger partial charge in [-0.2, -0.15) is 0 Å². The first-order chi connectivity index (χ1) is 6.25. The van der Waals surface area contributed by atoms with E-state index < -0.39 is 11.3 Å². The third-order valence-corrected chi connectivity index (χ3v) is 2.97. The SMILES string of the molecule is O=S(O)Nc1ccc2sccc2c1. The molecule has 0 amide bonds. The molecule has 3 nitrogen and oxygen atoms in total. The molecule has 0 aliphatic carbocycles. The molecule has 68 valence electrons. The Morgan fingerprint density at radius 3 is 3.00 bits per heavy atom.